The maximum absolute atomic E-state index is 11.2. The van der Waals surface area contributed by atoms with Gasteiger partial charge < -0.3 is 5.11 Å². The van der Waals surface area contributed by atoms with Crippen molar-refractivity contribution in [2.24, 2.45) is 0 Å². The predicted molar refractivity (Wildman–Crippen MR) is 81.5 cm³/mol. The van der Waals surface area contributed by atoms with E-state index < -0.39 is 5.97 Å². The van der Waals surface area contributed by atoms with Crippen LogP contribution in [0.25, 0.3) is 11.0 Å². The topological polar surface area (TPSA) is 71.2 Å². The highest BCUT2D eigenvalue weighted by Gasteiger charge is 2.16. The van der Waals surface area contributed by atoms with Gasteiger partial charge in [-0.1, -0.05) is 11.3 Å². The summed E-state index contributed by atoms with van der Waals surface area (Å²) in [5.74, 6) is -0.973. The molecule has 0 fully saturated rings. The second-order valence-corrected chi connectivity index (χ2v) is 5.72. The van der Waals surface area contributed by atoms with Crippen LogP contribution < -0.4 is 0 Å². The Bertz CT molecular complexity index is 626. The summed E-state index contributed by atoms with van der Waals surface area (Å²) in [6, 6.07) is 6.05. The lowest BCUT2D eigenvalue weighted by molar-refractivity contribution is 0.0699. The highest BCUT2D eigenvalue weighted by Crippen LogP contribution is 2.16. The van der Waals surface area contributed by atoms with Crippen molar-refractivity contribution >= 4 is 17.0 Å². The number of rotatable bonds is 6. The second-order valence-electron chi connectivity index (χ2n) is 5.72. The van der Waals surface area contributed by atoms with E-state index in [0.29, 0.717) is 24.1 Å². The number of aromatic carboxylic acids is 1. The Morgan fingerprint density at radius 2 is 1.95 bits per heavy atom. The van der Waals surface area contributed by atoms with Gasteiger partial charge in [-0.15, -0.1) is 5.10 Å². The van der Waals surface area contributed by atoms with Crippen molar-refractivity contribution in [3.8, 4) is 0 Å². The lowest BCUT2D eigenvalue weighted by Gasteiger charge is -2.30. The van der Waals surface area contributed by atoms with Crippen molar-refractivity contribution in [3.63, 3.8) is 0 Å². The van der Waals surface area contributed by atoms with E-state index in [1.54, 1.807) is 16.8 Å². The lowest BCUT2D eigenvalue weighted by Crippen LogP contribution is -2.39. The molecule has 1 heterocycles. The van der Waals surface area contributed by atoms with Gasteiger partial charge in [-0.05, 0) is 39.8 Å². The monoisotopic (exact) mass is 290 g/mol. The summed E-state index contributed by atoms with van der Waals surface area (Å²) in [7, 11) is 0. The number of hydrogen-bond acceptors (Lipinski definition) is 4. The Hall–Kier alpha value is -1.95. The normalized spacial score (nSPS) is 12.0. The molecule has 2 rings (SSSR count). The Morgan fingerprint density at radius 3 is 2.52 bits per heavy atom. The highest BCUT2D eigenvalue weighted by molar-refractivity contribution is 6.00. The van der Waals surface area contributed by atoms with Crippen LogP contribution in [0.3, 0.4) is 0 Å². The summed E-state index contributed by atoms with van der Waals surface area (Å²) < 4.78 is 1.78. The van der Waals surface area contributed by atoms with Gasteiger partial charge in [0.05, 0.1) is 17.6 Å². The van der Waals surface area contributed by atoms with Gasteiger partial charge in [0.1, 0.15) is 5.52 Å². The van der Waals surface area contributed by atoms with Crippen molar-refractivity contribution in [1.82, 2.24) is 19.9 Å². The van der Waals surface area contributed by atoms with Gasteiger partial charge in [0.25, 0.3) is 0 Å². The summed E-state index contributed by atoms with van der Waals surface area (Å²) in [6.07, 6.45) is 0. The van der Waals surface area contributed by atoms with Crippen LogP contribution in [0.1, 0.15) is 38.1 Å². The maximum Gasteiger partial charge on any atom is 0.338 e. The molecule has 0 aliphatic heterocycles. The highest BCUT2D eigenvalue weighted by atomic mass is 16.4. The molecule has 0 aliphatic rings. The average Bonchev–Trinajstić information content (AvgIpc) is 2.81. The van der Waals surface area contributed by atoms with Crippen LogP contribution >= 0.6 is 0 Å². The summed E-state index contributed by atoms with van der Waals surface area (Å²) >= 11 is 0. The molecule has 0 atom stereocenters. The molecule has 21 heavy (non-hydrogen) atoms. The van der Waals surface area contributed by atoms with Gasteiger partial charge in [-0.2, -0.15) is 0 Å². The van der Waals surface area contributed by atoms with Crippen LogP contribution in [0, 0.1) is 0 Å². The van der Waals surface area contributed by atoms with Gasteiger partial charge in [0, 0.05) is 18.6 Å². The molecule has 0 bridgehead atoms. The predicted octanol–water partition coefficient (Wildman–Crippen LogP) is 2.25. The van der Waals surface area contributed by atoms with E-state index in [4.69, 9.17) is 0 Å². The fourth-order valence-electron chi connectivity index (χ4n) is 2.65. The fourth-order valence-corrected chi connectivity index (χ4v) is 2.65. The minimum atomic E-state index is -0.973. The molecule has 6 heteroatoms. The number of aromatic nitrogens is 3. The van der Waals surface area contributed by atoms with E-state index in [2.05, 4.69) is 42.9 Å². The van der Waals surface area contributed by atoms with Crippen molar-refractivity contribution in [2.75, 3.05) is 6.54 Å². The van der Waals surface area contributed by atoms with Crippen LogP contribution in [0.4, 0.5) is 0 Å². The molecule has 0 radical (unpaired) electrons. The first-order valence-corrected chi connectivity index (χ1v) is 7.23. The molecule has 114 valence electrons. The maximum atomic E-state index is 11.2. The third-order valence-corrected chi connectivity index (χ3v) is 3.67. The molecule has 6 nitrogen and oxygen atoms in total. The SMILES string of the molecule is CC(C)N(CCn1nnc2c(C(=O)O)cccc21)C(C)C. The number of hydrogen-bond donors (Lipinski definition) is 1. The Balaban J connectivity index is 2.24. The van der Waals surface area contributed by atoms with Crippen LogP contribution in [0.5, 0.6) is 0 Å². The van der Waals surface area contributed by atoms with Gasteiger partial charge in [0.2, 0.25) is 0 Å². The van der Waals surface area contributed by atoms with E-state index >= 15 is 0 Å². The first-order valence-electron chi connectivity index (χ1n) is 7.23. The zero-order valence-electron chi connectivity index (χ0n) is 12.9. The molecule has 0 amide bonds. The largest absolute Gasteiger partial charge is 0.478 e. The molecular formula is C15H22N4O2. The van der Waals surface area contributed by atoms with Crippen molar-refractivity contribution in [1.29, 1.82) is 0 Å². The quantitative estimate of drug-likeness (QED) is 0.883. The van der Waals surface area contributed by atoms with Gasteiger partial charge in [0.15, 0.2) is 0 Å². The molecule has 0 unspecified atom stereocenters. The first-order chi connectivity index (χ1) is 9.91. The number of fused-ring (bicyclic) bond motifs is 1. The Labute approximate surface area is 124 Å². The van der Waals surface area contributed by atoms with Crippen molar-refractivity contribution < 1.29 is 9.90 Å². The zero-order valence-corrected chi connectivity index (χ0v) is 12.9. The molecule has 0 aliphatic carbocycles. The van der Waals surface area contributed by atoms with Crippen LogP contribution in [-0.4, -0.2) is 49.6 Å². The second kappa shape index (κ2) is 6.22. The minimum absolute atomic E-state index is 0.198. The van der Waals surface area contributed by atoms with Gasteiger partial charge in [-0.25, -0.2) is 9.48 Å². The molecule has 1 aromatic heterocycles. The standard InChI is InChI=1S/C15H22N4O2/c1-10(2)18(11(3)4)8-9-19-13-7-5-6-12(15(20)21)14(13)16-17-19/h5-7,10-11H,8-9H2,1-4H3,(H,20,21). The Morgan fingerprint density at radius 1 is 1.29 bits per heavy atom. The molecule has 1 aromatic carbocycles. The van der Waals surface area contributed by atoms with Crippen LogP contribution in [0.2, 0.25) is 0 Å². The lowest BCUT2D eigenvalue weighted by atomic mass is 10.2. The number of carboxylic acid groups (broad SMARTS) is 1. The molecule has 1 N–H and O–H groups in total. The molecule has 2 aromatic rings. The number of carbonyl (C=O) groups is 1. The summed E-state index contributed by atoms with van der Waals surface area (Å²) in [5, 5.41) is 17.3. The molecule has 0 saturated carbocycles. The smallest absolute Gasteiger partial charge is 0.338 e. The zero-order chi connectivity index (χ0) is 15.6. The van der Waals surface area contributed by atoms with Crippen LogP contribution in [0.15, 0.2) is 18.2 Å². The summed E-state index contributed by atoms with van der Waals surface area (Å²) in [4.78, 5) is 13.6. The Kier molecular flexibility index (Phi) is 4.57. The van der Waals surface area contributed by atoms with Gasteiger partial charge in [-0.3, -0.25) is 4.90 Å². The number of nitrogens with zero attached hydrogens (tertiary/aromatic N) is 4. The van der Waals surface area contributed by atoms with E-state index in [1.807, 2.05) is 6.07 Å². The van der Waals surface area contributed by atoms with E-state index in [9.17, 15) is 9.90 Å². The third-order valence-electron chi connectivity index (χ3n) is 3.67. The first kappa shape index (κ1) is 15.4. The number of carboxylic acids is 1. The average molecular weight is 290 g/mol. The molecular weight excluding hydrogens is 268 g/mol. The van der Waals surface area contributed by atoms with Gasteiger partial charge >= 0.3 is 5.97 Å². The van der Waals surface area contributed by atoms with E-state index in [-0.39, 0.29) is 5.56 Å². The van der Waals surface area contributed by atoms with E-state index in [1.165, 1.54) is 0 Å². The molecule has 0 spiro atoms. The number of benzene rings is 1. The summed E-state index contributed by atoms with van der Waals surface area (Å²) in [5.41, 5.74) is 1.41. The minimum Gasteiger partial charge on any atom is -0.478 e. The summed E-state index contributed by atoms with van der Waals surface area (Å²) in [6.45, 7) is 10.2. The fraction of sp³-hybridized carbons (Fsp3) is 0.533. The third kappa shape index (κ3) is 3.21. The van der Waals surface area contributed by atoms with E-state index in [0.717, 1.165) is 12.1 Å². The van der Waals surface area contributed by atoms with Crippen molar-refractivity contribution in [2.45, 2.75) is 46.3 Å². The van der Waals surface area contributed by atoms with Crippen molar-refractivity contribution in [3.05, 3.63) is 23.8 Å². The van der Waals surface area contributed by atoms with Crippen LogP contribution in [-0.2, 0) is 6.54 Å². The molecule has 0 saturated heterocycles.